The van der Waals surface area contributed by atoms with Gasteiger partial charge in [0.05, 0.1) is 11.9 Å². The first-order valence-corrected chi connectivity index (χ1v) is 6.30. The highest BCUT2D eigenvalue weighted by atomic mass is 16.2. The van der Waals surface area contributed by atoms with Gasteiger partial charge < -0.3 is 11.1 Å². The molecule has 100 valence electrons. The molecule has 0 aliphatic rings. The molecule has 5 nitrogen and oxygen atoms in total. The zero-order chi connectivity index (χ0) is 13.8. The van der Waals surface area contributed by atoms with Gasteiger partial charge >= 0.3 is 0 Å². The van der Waals surface area contributed by atoms with Crippen LogP contribution >= 0.6 is 0 Å². The summed E-state index contributed by atoms with van der Waals surface area (Å²) < 4.78 is 1.48. The minimum atomic E-state index is -0.235. The molecule has 5 heteroatoms. The van der Waals surface area contributed by atoms with E-state index in [2.05, 4.69) is 17.3 Å². The zero-order valence-corrected chi connectivity index (χ0v) is 11.2. The Hall–Kier alpha value is -2.30. The van der Waals surface area contributed by atoms with Crippen LogP contribution in [0, 0.1) is 0 Å². The zero-order valence-electron chi connectivity index (χ0n) is 11.2. The second-order valence-corrected chi connectivity index (χ2v) is 4.43. The van der Waals surface area contributed by atoms with Crippen LogP contribution in [0.15, 0.2) is 30.5 Å². The molecule has 2 aromatic rings. The lowest BCUT2D eigenvalue weighted by atomic mass is 10.1. The number of rotatable bonds is 4. The van der Waals surface area contributed by atoms with Crippen molar-refractivity contribution in [2.75, 3.05) is 11.1 Å². The summed E-state index contributed by atoms with van der Waals surface area (Å²) in [5.41, 5.74) is 8.46. The van der Waals surface area contributed by atoms with E-state index >= 15 is 0 Å². The van der Waals surface area contributed by atoms with Gasteiger partial charge in [0.1, 0.15) is 5.69 Å². The maximum Gasteiger partial charge on any atom is 0.276 e. The Labute approximate surface area is 112 Å². The van der Waals surface area contributed by atoms with Crippen LogP contribution in [0.5, 0.6) is 0 Å². The number of anilines is 2. The number of hydrogen-bond donors (Lipinski definition) is 2. The number of para-hydroxylation sites is 1. The van der Waals surface area contributed by atoms with Crippen LogP contribution in [-0.2, 0) is 13.5 Å². The Morgan fingerprint density at radius 3 is 2.79 bits per heavy atom. The summed E-state index contributed by atoms with van der Waals surface area (Å²) in [6, 6.07) is 7.79. The summed E-state index contributed by atoms with van der Waals surface area (Å²) in [5.74, 6) is -0.235. The van der Waals surface area contributed by atoms with E-state index in [1.165, 1.54) is 10.9 Å². The highest BCUT2D eigenvalue weighted by molar-refractivity contribution is 6.06. The van der Waals surface area contributed by atoms with Crippen LogP contribution < -0.4 is 11.1 Å². The summed E-state index contributed by atoms with van der Waals surface area (Å²) in [7, 11) is 1.70. The van der Waals surface area contributed by atoms with E-state index < -0.39 is 0 Å². The number of nitrogens with two attached hydrogens (primary N) is 1. The summed E-state index contributed by atoms with van der Waals surface area (Å²) in [4.78, 5) is 12.2. The first kappa shape index (κ1) is 13.1. The monoisotopic (exact) mass is 258 g/mol. The van der Waals surface area contributed by atoms with E-state index in [1.54, 1.807) is 7.05 Å². The largest absolute Gasteiger partial charge is 0.396 e. The molecule has 0 atom stereocenters. The molecule has 19 heavy (non-hydrogen) atoms. The molecule has 1 amide bonds. The van der Waals surface area contributed by atoms with E-state index in [0.717, 1.165) is 24.1 Å². The fourth-order valence-corrected chi connectivity index (χ4v) is 2.04. The van der Waals surface area contributed by atoms with Crippen molar-refractivity contribution in [1.82, 2.24) is 9.78 Å². The van der Waals surface area contributed by atoms with E-state index in [0.29, 0.717) is 11.4 Å². The number of amides is 1. The summed E-state index contributed by atoms with van der Waals surface area (Å²) in [5, 5.41) is 6.87. The van der Waals surface area contributed by atoms with Crippen molar-refractivity contribution in [1.29, 1.82) is 0 Å². The van der Waals surface area contributed by atoms with Gasteiger partial charge in [-0.25, -0.2) is 0 Å². The topological polar surface area (TPSA) is 72.9 Å². The minimum absolute atomic E-state index is 0.235. The van der Waals surface area contributed by atoms with Crippen LogP contribution in [0.3, 0.4) is 0 Å². The van der Waals surface area contributed by atoms with Crippen molar-refractivity contribution >= 4 is 17.3 Å². The standard InChI is InChI=1S/C14H18N4O/c1-3-6-10-7-4-5-8-12(10)17-14(19)13-11(15)9-16-18(13)2/h4-5,7-9H,3,6,15H2,1-2H3,(H,17,19). The predicted molar refractivity (Wildman–Crippen MR) is 76.0 cm³/mol. The predicted octanol–water partition coefficient (Wildman–Crippen LogP) is 2.21. The lowest BCUT2D eigenvalue weighted by molar-refractivity contribution is 0.101. The van der Waals surface area contributed by atoms with Gasteiger partial charge in [-0.15, -0.1) is 0 Å². The maximum atomic E-state index is 12.2. The average molecular weight is 258 g/mol. The van der Waals surface area contributed by atoms with Crippen molar-refractivity contribution in [3.8, 4) is 0 Å². The molecule has 0 aliphatic carbocycles. The van der Waals surface area contributed by atoms with Crippen molar-refractivity contribution < 1.29 is 4.79 Å². The summed E-state index contributed by atoms with van der Waals surface area (Å²) in [6.07, 6.45) is 3.44. The molecule has 3 N–H and O–H groups in total. The molecule has 0 fully saturated rings. The van der Waals surface area contributed by atoms with Crippen LogP contribution in [0.1, 0.15) is 29.4 Å². The highest BCUT2D eigenvalue weighted by Crippen LogP contribution is 2.19. The molecular formula is C14H18N4O. The normalized spacial score (nSPS) is 10.4. The van der Waals surface area contributed by atoms with Crippen molar-refractivity contribution in [2.24, 2.45) is 7.05 Å². The van der Waals surface area contributed by atoms with Gasteiger partial charge in [0, 0.05) is 12.7 Å². The van der Waals surface area contributed by atoms with Crippen LogP contribution in [0.4, 0.5) is 11.4 Å². The van der Waals surface area contributed by atoms with Crippen molar-refractivity contribution in [3.63, 3.8) is 0 Å². The molecular weight excluding hydrogens is 240 g/mol. The molecule has 0 saturated carbocycles. The number of benzene rings is 1. The van der Waals surface area contributed by atoms with Crippen LogP contribution in [-0.4, -0.2) is 15.7 Å². The second kappa shape index (κ2) is 5.56. The van der Waals surface area contributed by atoms with Crippen molar-refractivity contribution in [3.05, 3.63) is 41.7 Å². The number of hydrogen-bond acceptors (Lipinski definition) is 3. The average Bonchev–Trinajstić information content (AvgIpc) is 2.72. The number of carbonyl (C=O) groups excluding carboxylic acids is 1. The number of nitrogens with zero attached hydrogens (tertiary/aromatic N) is 2. The lowest BCUT2D eigenvalue weighted by Crippen LogP contribution is -2.18. The van der Waals surface area contributed by atoms with Gasteiger partial charge in [-0.05, 0) is 18.1 Å². The molecule has 0 aliphatic heterocycles. The molecule has 0 spiro atoms. The number of aromatic nitrogens is 2. The third-order valence-electron chi connectivity index (χ3n) is 2.97. The Kier molecular flexibility index (Phi) is 3.85. The second-order valence-electron chi connectivity index (χ2n) is 4.43. The molecule has 1 aromatic heterocycles. The fourth-order valence-electron chi connectivity index (χ4n) is 2.04. The number of aryl methyl sites for hydroxylation is 2. The SMILES string of the molecule is CCCc1ccccc1NC(=O)c1c(N)cnn1C. The quantitative estimate of drug-likeness (QED) is 0.883. The smallest absolute Gasteiger partial charge is 0.276 e. The van der Waals surface area contributed by atoms with Gasteiger partial charge in [0.2, 0.25) is 0 Å². The number of carbonyl (C=O) groups is 1. The molecule has 0 bridgehead atoms. The molecule has 1 heterocycles. The first-order valence-electron chi connectivity index (χ1n) is 6.30. The van der Waals surface area contributed by atoms with E-state index in [9.17, 15) is 4.79 Å². The van der Waals surface area contributed by atoms with Crippen LogP contribution in [0.2, 0.25) is 0 Å². The Morgan fingerprint density at radius 2 is 2.16 bits per heavy atom. The Morgan fingerprint density at radius 1 is 1.42 bits per heavy atom. The Balaban J connectivity index is 2.24. The van der Waals surface area contributed by atoms with Crippen LogP contribution in [0.25, 0.3) is 0 Å². The number of nitrogens with one attached hydrogen (secondary N) is 1. The van der Waals surface area contributed by atoms with Gasteiger partial charge in [-0.2, -0.15) is 5.10 Å². The van der Waals surface area contributed by atoms with Gasteiger partial charge in [-0.3, -0.25) is 9.48 Å². The Bertz CT molecular complexity index is 569. The summed E-state index contributed by atoms with van der Waals surface area (Å²) >= 11 is 0. The van der Waals surface area contributed by atoms with Crippen molar-refractivity contribution in [2.45, 2.75) is 19.8 Å². The third kappa shape index (κ3) is 2.76. The minimum Gasteiger partial charge on any atom is -0.396 e. The third-order valence-corrected chi connectivity index (χ3v) is 2.97. The number of nitrogen functional groups attached to an aromatic ring is 1. The van der Waals surface area contributed by atoms with E-state index in [1.807, 2.05) is 24.3 Å². The summed E-state index contributed by atoms with van der Waals surface area (Å²) in [6.45, 7) is 2.11. The maximum absolute atomic E-state index is 12.2. The highest BCUT2D eigenvalue weighted by Gasteiger charge is 2.15. The molecule has 0 radical (unpaired) electrons. The van der Waals surface area contributed by atoms with E-state index in [4.69, 9.17) is 5.73 Å². The molecule has 0 unspecified atom stereocenters. The van der Waals surface area contributed by atoms with Gasteiger partial charge in [0.15, 0.2) is 0 Å². The molecule has 2 rings (SSSR count). The molecule has 1 aromatic carbocycles. The van der Waals surface area contributed by atoms with E-state index in [-0.39, 0.29) is 5.91 Å². The van der Waals surface area contributed by atoms with Gasteiger partial charge in [0.25, 0.3) is 5.91 Å². The fraction of sp³-hybridized carbons (Fsp3) is 0.286. The first-order chi connectivity index (χ1) is 9.13. The molecule has 0 saturated heterocycles. The lowest BCUT2D eigenvalue weighted by Gasteiger charge is -2.10. The van der Waals surface area contributed by atoms with Gasteiger partial charge in [-0.1, -0.05) is 31.5 Å².